The molecule has 2 aliphatic rings. The average Bonchev–Trinajstić information content (AvgIpc) is 3.05. The summed E-state index contributed by atoms with van der Waals surface area (Å²) in [5.41, 5.74) is 0. The van der Waals surface area contributed by atoms with Crippen LogP contribution in [0.3, 0.4) is 0 Å². The summed E-state index contributed by atoms with van der Waals surface area (Å²) in [6.07, 6.45) is 6.42. The van der Waals surface area contributed by atoms with Crippen molar-refractivity contribution in [1.29, 1.82) is 0 Å². The van der Waals surface area contributed by atoms with Crippen molar-refractivity contribution in [1.82, 2.24) is 15.1 Å². The van der Waals surface area contributed by atoms with Gasteiger partial charge in [-0.2, -0.15) is 0 Å². The molecule has 2 amide bonds. The molecule has 5 heteroatoms. The van der Waals surface area contributed by atoms with E-state index in [1.54, 1.807) is 0 Å². The third-order valence-electron chi connectivity index (χ3n) is 5.63. The molecular weight excluding hydrogens is 290 g/mol. The van der Waals surface area contributed by atoms with E-state index in [1.807, 2.05) is 32.7 Å². The predicted molar refractivity (Wildman–Crippen MR) is 92.1 cm³/mol. The summed E-state index contributed by atoms with van der Waals surface area (Å²) < 4.78 is 0. The Morgan fingerprint density at radius 1 is 1.04 bits per heavy atom. The Kier molecular flexibility index (Phi) is 6.45. The lowest BCUT2D eigenvalue weighted by atomic mass is 9.94. The predicted octanol–water partition coefficient (Wildman–Crippen LogP) is 2.01. The van der Waals surface area contributed by atoms with E-state index in [2.05, 4.69) is 10.2 Å². The number of hydrogen-bond donors (Lipinski definition) is 1. The zero-order valence-electron chi connectivity index (χ0n) is 15.2. The van der Waals surface area contributed by atoms with Crippen LogP contribution >= 0.6 is 0 Å². The van der Waals surface area contributed by atoms with Gasteiger partial charge in [0.1, 0.15) is 0 Å². The van der Waals surface area contributed by atoms with Crippen molar-refractivity contribution >= 4 is 11.8 Å². The van der Waals surface area contributed by atoms with Gasteiger partial charge in [0.2, 0.25) is 11.8 Å². The zero-order chi connectivity index (χ0) is 17.0. The third-order valence-corrected chi connectivity index (χ3v) is 5.63. The minimum Gasteiger partial charge on any atom is -0.352 e. The van der Waals surface area contributed by atoms with E-state index in [4.69, 9.17) is 0 Å². The molecule has 0 bridgehead atoms. The molecule has 0 aromatic heterocycles. The number of rotatable bonds is 5. The average molecular weight is 323 g/mol. The molecule has 1 saturated heterocycles. The largest absolute Gasteiger partial charge is 0.352 e. The lowest BCUT2D eigenvalue weighted by Crippen LogP contribution is -2.51. The Morgan fingerprint density at radius 3 is 2.13 bits per heavy atom. The highest BCUT2D eigenvalue weighted by Crippen LogP contribution is 2.22. The van der Waals surface area contributed by atoms with Crippen molar-refractivity contribution in [2.24, 2.45) is 5.92 Å². The summed E-state index contributed by atoms with van der Waals surface area (Å²) in [6.45, 7) is 7.75. The molecule has 0 radical (unpaired) electrons. The number of nitrogens with one attached hydrogen (secondary N) is 1. The van der Waals surface area contributed by atoms with E-state index in [0.717, 1.165) is 38.8 Å². The Bertz CT molecular complexity index is 410. The lowest BCUT2D eigenvalue weighted by molar-refractivity contribution is -0.137. The first-order valence-corrected chi connectivity index (χ1v) is 9.21. The monoisotopic (exact) mass is 323 g/mol. The quantitative estimate of drug-likeness (QED) is 0.842. The maximum atomic E-state index is 12.4. The molecule has 1 heterocycles. The van der Waals surface area contributed by atoms with Gasteiger partial charge in [0.15, 0.2) is 0 Å². The maximum Gasteiger partial charge on any atom is 0.237 e. The molecule has 1 saturated carbocycles. The number of piperidine rings is 1. The summed E-state index contributed by atoms with van der Waals surface area (Å²) >= 11 is 0. The highest BCUT2D eigenvalue weighted by molar-refractivity contribution is 5.82. The van der Waals surface area contributed by atoms with E-state index in [9.17, 15) is 9.59 Å². The number of likely N-dealkylation sites (tertiary alicyclic amines) is 1. The fourth-order valence-corrected chi connectivity index (χ4v) is 3.63. The Balaban J connectivity index is 1.78. The Morgan fingerprint density at radius 2 is 1.61 bits per heavy atom. The van der Waals surface area contributed by atoms with Crippen LogP contribution in [-0.4, -0.2) is 59.9 Å². The molecule has 1 aliphatic carbocycles. The maximum absolute atomic E-state index is 12.4. The van der Waals surface area contributed by atoms with Crippen molar-refractivity contribution in [3.8, 4) is 0 Å². The van der Waals surface area contributed by atoms with Gasteiger partial charge in [0.05, 0.1) is 6.04 Å². The van der Waals surface area contributed by atoms with Gasteiger partial charge in [-0.15, -0.1) is 0 Å². The van der Waals surface area contributed by atoms with Crippen LogP contribution in [0.1, 0.15) is 59.3 Å². The summed E-state index contributed by atoms with van der Waals surface area (Å²) in [7, 11) is 1.89. The van der Waals surface area contributed by atoms with Crippen molar-refractivity contribution in [2.75, 3.05) is 20.1 Å². The van der Waals surface area contributed by atoms with Crippen molar-refractivity contribution in [3.05, 3.63) is 0 Å². The van der Waals surface area contributed by atoms with Gasteiger partial charge in [-0.1, -0.05) is 12.8 Å². The molecule has 2 fully saturated rings. The first-order valence-electron chi connectivity index (χ1n) is 9.21. The van der Waals surface area contributed by atoms with Crippen LogP contribution in [0.5, 0.6) is 0 Å². The molecule has 5 nitrogen and oxygen atoms in total. The van der Waals surface area contributed by atoms with Crippen LogP contribution < -0.4 is 5.32 Å². The molecule has 2 rings (SSSR count). The van der Waals surface area contributed by atoms with Gasteiger partial charge in [0, 0.05) is 25.0 Å². The second-order valence-electron chi connectivity index (χ2n) is 7.52. The molecule has 132 valence electrons. The Labute approximate surface area is 140 Å². The van der Waals surface area contributed by atoms with E-state index < -0.39 is 0 Å². The third kappa shape index (κ3) is 4.69. The molecule has 1 unspecified atom stereocenters. The first kappa shape index (κ1) is 18.2. The molecule has 1 aliphatic heterocycles. The van der Waals surface area contributed by atoms with Crippen LogP contribution in [0.2, 0.25) is 0 Å². The van der Waals surface area contributed by atoms with Crippen LogP contribution in [0.15, 0.2) is 0 Å². The summed E-state index contributed by atoms with van der Waals surface area (Å²) in [6, 6.07) is 0.537. The smallest absolute Gasteiger partial charge is 0.237 e. The zero-order valence-corrected chi connectivity index (χ0v) is 15.2. The molecule has 0 spiro atoms. The van der Waals surface area contributed by atoms with E-state index >= 15 is 0 Å². The first-order chi connectivity index (χ1) is 10.9. The number of carbonyl (C=O) groups is 2. The van der Waals surface area contributed by atoms with Crippen LogP contribution in [0.4, 0.5) is 0 Å². The van der Waals surface area contributed by atoms with Crippen LogP contribution in [0, 0.1) is 5.92 Å². The molecule has 23 heavy (non-hydrogen) atoms. The van der Waals surface area contributed by atoms with Gasteiger partial charge in [0.25, 0.3) is 0 Å². The lowest BCUT2D eigenvalue weighted by Gasteiger charge is -2.37. The highest BCUT2D eigenvalue weighted by atomic mass is 16.2. The molecule has 1 atom stereocenters. The fourth-order valence-electron chi connectivity index (χ4n) is 3.63. The fraction of sp³-hybridized carbons (Fsp3) is 0.889. The number of hydrogen-bond acceptors (Lipinski definition) is 3. The number of amides is 2. The van der Waals surface area contributed by atoms with Crippen molar-refractivity contribution < 1.29 is 9.59 Å². The number of carbonyl (C=O) groups excluding carboxylic acids is 2. The minimum atomic E-state index is -0.0884. The molecule has 1 N–H and O–H groups in total. The van der Waals surface area contributed by atoms with Crippen LogP contribution in [-0.2, 0) is 9.59 Å². The topological polar surface area (TPSA) is 52.7 Å². The summed E-state index contributed by atoms with van der Waals surface area (Å²) in [5, 5.41) is 3.19. The van der Waals surface area contributed by atoms with Gasteiger partial charge >= 0.3 is 0 Å². The summed E-state index contributed by atoms with van der Waals surface area (Å²) in [5.74, 6) is 0.521. The standard InChI is InChI=1S/C18H33N3O2/c1-13(2)20(4)18(23)15-9-11-21(12-10-15)14(3)17(22)19-16-7-5-6-8-16/h13-16H,5-12H2,1-4H3,(H,19,22). The second-order valence-corrected chi connectivity index (χ2v) is 7.52. The summed E-state index contributed by atoms with van der Waals surface area (Å²) in [4.78, 5) is 28.9. The normalized spacial score (nSPS) is 22.3. The van der Waals surface area contributed by atoms with Gasteiger partial charge in [-0.25, -0.2) is 0 Å². The highest BCUT2D eigenvalue weighted by Gasteiger charge is 2.32. The van der Waals surface area contributed by atoms with Gasteiger partial charge in [-0.05, 0) is 59.5 Å². The van der Waals surface area contributed by atoms with Crippen molar-refractivity contribution in [2.45, 2.75) is 77.4 Å². The minimum absolute atomic E-state index is 0.0884. The van der Waals surface area contributed by atoms with Gasteiger partial charge in [-0.3, -0.25) is 14.5 Å². The van der Waals surface area contributed by atoms with E-state index in [-0.39, 0.29) is 29.8 Å². The molecule has 0 aromatic rings. The van der Waals surface area contributed by atoms with E-state index in [0.29, 0.717) is 6.04 Å². The Hall–Kier alpha value is -1.10. The SMILES string of the molecule is CC(C(=O)NC1CCCC1)N1CCC(C(=O)N(C)C(C)C)CC1. The number of nitrogens with zero attached hydrogens (tertiary/aromatic N) is 2. The van der Waals surface area contributed by atoms with E-state index in [1.165, 1.54) is 12.8 Å². The second kappa shape index (κ2) is 8.13. The molecule has 0 aromatic carbocycles. The molecular formula is C18H33N3O2. The van der Waals surface area contributed by atoms with Crippen LogP contribution in [0.25, 0.3) is 0 Å². The van der Waals surface area contributed by atoms with Crippen molar-refractivity contribution in [3.63, 3.8) is 0 Å². The van der Waals surface area contributed by atoms with Gasteiger partial charge < -0.3 is 10.2 Å².